The van der Waals surface area contributed by atoms with E-state index >= 15 is 0 Å². The van der Waals surface area contributed by atoms with E-state index in [9.17, 15) is 4.79 Å². The van der Waals surface area contributed by atoms with Gasteiger partial charge in [0.2, 0.25) is 0 Å². The van der Waals surface area contributed by atoms with Gasteiger partial charge in [-0.3, -0.25) is 0 Å². The van der Waals surface area contributed by atoms with Crippen molar-refractivity contribution in [2.24, 2.45) is 0 Å². The molecule has 0 N–H and O–H groups in total. The summed E-state index contributed by atoms with van der Waals surface area (Å²) in [6, 6.07) is 3.66. The molecule has 1 heterocycles. The average Bonchev–Trinajstić information content (AvgIpc) is 2.48. The molecule has 1 aromatic rings. The number of rotatable bonds is 2. The molecule has 0 atom stereocenters. The molecule has 4 heteroatoms. The van der Waals surface area contributed by atoms with E-state index in [1.165, 1.54) is 0 Å². The molecule has 1 aliphatic heterocycles. The molecule has 0 bridgehead atoms. The van der Waals surface area contributed by atoms with Gasteiger partial charge in [-0.25, -0.2) is 4.79 Å². The monoisotopic (exact) mass is 256 g/mol. The van der Waals surface area contributed by atoms with Crippen LogP contribution in [0.5, 0.6) is 5.75 Å². The van der Waals surface area contributed by atoms with Gasteiger partial charge >= 0.3 is 5.97 Å². The lowest BCUT2D eigenvalue weighted by Crippen LogP contribution is -2.01. The smallest absolute Gasteiger partial charge is 0.342 e. The van der Waals surface area contributed by atoms with Crippen molar-refractivity contribution in [3.05, 3.63) is 27.7 Å². The van der Waals surface area contributed by atoms with Crippen molar-refractivity contribution in [1.29, 1.82) is 0 Å². The van der Waals surface area contributed by atoms with E-state index < -0.39 is 0 Å². The summed E-state index contributed by atoms with van der Waals surface area (Å²) in [7, 11) is 0. The number of fused-ring (bicyclic) bond motifs is 1. The van der Waals surface area contributed by atoms with E-state index in [0.717, 1.165) is 10.0 Å². The zero-order chi connectivity index (χ0) is 10.1. The van der Waals surface area contributed by atoms with E-state index in [-0.39, 0.29) is 5.97 Å². The van der Waals surface area contributed by atoms with Crippen LogP contribution < -0.4 is 4.74 Å². The van der Waals surface area contributed by atoms with Crippen LogP contribution in [-0.4, -0.2) is 12.6 Å². The van der Waals surface area contributed by atoms with Crippen LogP contribution in [0.1, 0.15) is 22.8 Å². The Hall–Kier alpha value is -1.03. The van der Waals surface area contributed by atoms with Crippen LogP contribution >= 0.6 is 15.9 Å². The predicted molar refractivity (Wildman–Crippen MR) is 54.4 cm³/mol. The lowest BCUT2D eigenvalue weighted by atomic mass is 10.1. The first-order valence-corrected chi connectivity index (χ1v) is 5.14. The van der Waals surface area contributed by atoms with E-state index in [1.807, 2.05) is 13.0 Å². The summed E-state index contributed by atoms with van der Waals surface area (Å²) in [5, 5.41) is 0. The highest BCUT2D eigenvalue weighted by Gasteiger charge is 2.26. The van der Waals surface area contributed by atoms with Crippen LogP contribution in [-0.2, 0) is 11.3 Å². The summed E-state index contributed by atoms with van der Waals surface area (Å²) in [4.78, 5) is 11.4. The molecule has 0 saturated heterocycles. The van der Waals surface area contributed by atoms with Crippen molar-refractivity contribution in [3.8, 4) is 5.75 Å². The topological polar surface area (TPSA) is 35.5 Å². The van der Waals surface area contributed by atoms with E-state index in [4.69, 9.17) is 9.47 Å². The third-order valence-corrected chi connectivity index (χ3v) is 2.47. The van der Waals surface area contributed by atoms with Gasteiger partial charge in [-0.05, 0) is 19.1 Å². The summed E-state index contributed by atoms with van der Waals surface area (Å²) < 4.78 is 11.2. The Morgan fingerprint density at radius 3 is 3.07 bits per heavy atom. The largest absolute Gasteiger partial charge is 0.493 e. The van der Waals surface area contributed by atoms with Gasteiger partial charge in [-0.1, -0.05) is 15.9 Å². The summed E-state index contributed by atoms with van der Waals surface area (Å²) in [5.41, 5.74) is 1.45. The van der Waals surface area contributed by atoms with Crippen LogP contribution in [0.2, 0.25) is 0 Å². The lowest BCUT2D eigenvalue weighted by molar-refractivity contribution is 0.0532. The molecule has 0 unspecified atom stereocenters. The third kappa shape index (κ3) is 1.50. The molecule has 0 amide bonds. The summed E-state index contributed by atoms with van der Waals surface area (Å²) in [5.74, 6) is 0.301. The number of ether oxygens (including phenoxy) is 2. The average molecular weight is 257 g/mol. The molecule has 0 radical (unpaired) electrons. The fourth-order valence-corrected chi connectivity index (χ4v) is 1.95. The maximum Gasteiger partial charge on any atom is 0.342 e. The molecule has 74 valence electrons. The van der Waals surface area contributed by atoms with E-state index in [1.54, 1.807) is 6.07 Å². The molecule has 1 aliphatic rings. The van der Waals surface area contributed by atoms with Gasteiger partial charge in [-0.2, -0.15) is 0 Å². The van der Waals surface area contributed by atoms with Crippen LogP contribution in [0, 0.1) is 0 Å². The summed E-state index contributed by atoms with van der Waals surface area (Å²) in [6.07, 6.45) is 0. The Bertz CT molecular complexity index is 387. The van der Waals surface area contributed by atoms with Gasteiger partial charge in [0, 0.05) is 10.0 Å². The van der Waals surface area contributed by atoms with Gasteiger partial charge in [0.15, 0.2) is 0 Å². The van der Waals surface area contributed by atoms with Crippen molar-refractivity contribution < 1.29 is 14.3 Å². The Balaban J connectivity index is 2.53. The number of carbonyl (C=O) groups excluding carboxylic acids is 1. The maximum absolute atomic E-state index is 11.4. The highest BCUT2D eigenvalue weighted by atomic mass is 79.9. The standard InChI is InChI=1S/C10H9BrO3/c1-2-13-8-4-7(11)3-6-5-14-10(12)9(6)8/h3-4H,2,5H2,1H3. The Kier molecular flexibility index (Phi) is 2.46. The van der Waals surface area contributed by atoms with Crippen LogP contribution in [0.25, 0.3) is 0 Å². The van der Waals surface area contributed by atoms with Crippen LogP contribution in [0.3, 0.4) is 0 Å². The minimum Gasteiger partial charge on any atom is -0.493 e. The van der Waals surface area contributed by atoms with Gasteiger partial charge < -0.3 is 9.47 Å². The molecule has 0 saturated carbocycles. The fraction of sp³-hybridized carbons (Fsp3) is 0.300. The quantitative estimate of drug-likeness (QED) is 0.763. The Morgan fingerprint density at radius 2 is 2.36 bits per heavy atom. The van der Waals surface area contributed by atoms with Crippen LogP contribution in [0.15, 0.2) is 16.6 Å². The minimum atomic E-state index is -0.295. The number of hydrogen-bond donors (Lipinski definition) is 0. The molecule has 2 rings (SSSR count). The van der Waals surface area contributed by atoms with Gasteiger partial charge in [-0.15, -0.1) is 0 Å². The number of cyclic esters (lactones) is 1. The molecule has 0 aliphatic carbocycles. The molecular formula is C10H9BrO3. The summed E-state index contributed by atoms with van der Waals surface area (Å²) in [6.45, 7) is 2.76. The molecule has 0 spiro atoms. The molecular weight excluding hydrogens is 248 g/mol. The van der Waals surface area contributed by atoms with Crippen LogP contribution in [0.4, 0.5) is 0 Å². The molecule has 0 fully saturated rings. The highest BCUT2D eigenvalue weighted by Crippen LogP contribution is 2.32. The predicted octanol–water partition coefficient (Wildman–Crippen LogP) is 2.52. The minimum absolute atomic E-state index is 0.295. The number of carbonyl (C=O) groups is 1. The SMILES string of the molecule is CCOc1cc(Br)cc2c1C(=O)OC2. The van der Waals surface area contributed by atoms with Gasteiger partial charge in [0.05, 0.1) is 6.61 Å². The van der Waals surface area contributed by atoms with Crippen molar-refractivity contribution in [1.82, 2.24) is 0 Å². The summed E-state index contributed by atoms with van der Waals surface area (Å²) >= 11 is 3.36. The molecule has 14 heavy (non-hydrogen) atoms. The second-order valence-electron chi connectivity index (χ2n) is 2.95. The van der Waals surface area contributed by atoms with E-state index in [2.05, 4.69) is 15.9 Å². The number of halogens is 1. The third-order valence-electron chi connectivity index (χ3n) is 2.01. The highest BCUT2D eigenvalue weighted by molar-refractivity contribution is 9.10. The van der Waals surface area contributed by atoms with Crippen molar-refractivity contribution in [3.63, 3.8) is 0 Å². The lowest BCUT2D eigenvalue weighted by Gasteiger charge is -2.06. The van der Waals surface area contributed by atoms with Gasteiger partial charge in [0.1, 0.15) is 17.9 Å². The van der Waals surface area contributed by atoms with Crippen molar-refractivity contribution in [2.45, 2.75) is 13.5 Å². The number of hydrogen-bond acceptors (Lipinski definition) is 3. The maximum atomic E-state index is 11.4. The first-order valence-electron chi connectivity index (χ1n) is 4.34. The van der Waals surface area contributed by atoms with Crippen molar-refractivity contribution in [2.75, 3.05) is 6.61 Å². The first kappa shape index (κ1) is 9.52. The number of esters is 1. The fourth-order valence-electron chi connectivity index (χ4n) is 1.47. The zero-order valence-electron chi connectivity index (χ0n) is 7.67. The molecule has 0 aromatic heterocycles. The Morgan fingerprint density at radius 1 is 1.57 bits per heavy atom. The second kappa shape index (κ2) is 3.61. The zero-order valence-corrected chi connectivity index (χ0v) is 9.26. The normalized spacial score (nSPS) is 13.7. The second-order valence-corrected chi connectivity index (χ2v) is 3.86. The molecule has 1 aromatic carbocycles. The van der Waals surface area contributed by atoms with Gasteiger partial charge in [0.25, 0.3) is 0 Å². The first-order chi connectivity index (χ1) is 6.72. The van der Waals surface area contributed by atoms with Crippen molar-refractivity contribution >= 4 is 21.9 Å². The molecule has 3 nitrogen and oxygen atoms in total. The Labute approximate surface area is 90.1 Å². The van der Waals surface area contributed by atoms with E-state index in [0.29, 0.717) is 24.5 Å². The number of benzene rings is 1.